The Morgan fingerprint density at radius 1 is 1.13 bits per heavy atom. The Labute approximate surface area is 143 Å². The largest absolute Gasteiger partial charge is 0.384 e. The fraction of sp³-hybridized carbons (Fsp3) is 0.526. The van der Waals surface area contributed by atoms with Crippen molar-refractivity contribution in [2.75, 3.05) is 31.5 Å². The van der Waals surface area contributed by atoms with E-state index in [1.807, 2.05) is 11.8 Å². The lowest BCUT2D eigenvalue weighted by Crippen LogP contribution is -2.24. The highest BCUT2D eigenvalue weighted by molar-refractivity contribution is 7.98. The molecule has 0 spiro atoms. The van der Waals surface area contributed by atoms with E-state index >= 15 is 0 Å². The zero-order valence-electron chi connectivity index (χ0n) is 14.3. The lowest BCUT2D eigenvalue weighted by molar-refractivity contribution is 0.298. The molecular formula is C19H27N3S. The molecule has 0 bridgehead atoms. The van der Waals surface area contributed by atoms with Gasteiger partial charge in [0.2, 0.25) is 0 Å². The molecule has 0 fully saturated rings. The third-order valence-electron chi connectivity index (χ3n) is 4.66. The number of aromatic nitrogens is 1. The average molecular weight is 330 g/mol. The van der Waals surface area contributed by atoms with Gasteiger partial charge in [0.05, 0.1) is 11.2 Å². The first-order valence-corrected chi connectivity index (χ1v) is 9.93. The number of hydrogen-bond acceptors (Lipinski definition) is 4. The van der Waals surface area contributed by atoms with Crippen LogP contribution in [0.1, 0.15) is 37.9 Å². The molecule has 2 heterocycles. The Hall–Kier alpha value is -1.26. The van der Waals surface area contributed by atoms with Gasteiger partial charge in [-0.1, -0.05) is 32.0 Å². The van der Waals surface area contributed by atoms with Gasteiger partial charge in [0, 0.05) is 34.7 Å². The molecule has 124 valence electrons. The van der Waals surface area contributed by atoms with Crippen LogP contribution in [0.5, 0.6) is 0 Å². The summed E-state index contributed by atoms with van der Waals surface area (Å²) in [6.07, 6.45) is 2.48. The number of hydrogen-bond donors (Lipinski definition) is 1. The van der Waals surface area contributed by atoms with Crippen LogP contribution in [0.4, 0.5) is 5.69 Å². The van der Waals surface area contributed by atoms with Crippen molar-refractivity contribution in [2.24, 2.45) is 0 Å². The minimum Gasteiger partial charge on any atom is -0.384 e. The molecule has 0 aliphatic carbocycles. The number of nitrogens with one attached hydrogen (secondary N) is 1. The number of anilines is 1. The number of unbranched alkanes of at least 4 members (excludes halogenated alkanes) is 1. The molecule has 3 nitrogen and oxygen atoms in total. The predicted molar refractivity (Wildman–Crippen MR) is 102 cm³/mol. The van der Waals surface area contributed by atoms with Crippen LogP contribution in [0, 0.1) is 0 Å². The molecule has 0 saturated heterocycles. The van der Waals surface area contributed by atoms with Gasteiger partial charge < -0.3 is 10.2 Å². The Morgan fingerprint density at radius 3 is 2.78 bits per heavy atom. The molecule has 4 heteroatoms. The van der Waals surface area contributed by atoms with E-state index in [0.29, 0.717) is 0 Å². The van der Waals surface area contributed by atoms with Crippen LogP contribution in [0.2, 0.25) is 0 Å². The SMILES string of the molecule is CCN(CC)CCCCNc1c2c(nc3ccccc13)CSC2. The molecule has 1 aromatic heterocycles. The van der Waals surface area contributed by atoms with Gasteiger partial charge in [-0.25, -0.2) is 0 Å². The summed E-state index contributed by atoms with van der Waals surface area (Å²) >= 11 is 1.97. The molecule has 0 radical (unpaired) electrons. The van der Waals surface area contributed by atoms with E-state index < -0.39 is 0 Å². The summed E-state index contributed by atoms with van der Waals surface area (Å²) in [5.74, 6) is 2.14. The number of benzene rings is 1. The highest BCUT2D eigenvalue weighted by atomic mass is 32.2. The van der Waals surface area contributed by atoms with Crippen LogP contribution in [-0.2, 0) is 11.5 Å². The van der Waals surface area contributed by atoms with E-state index in [-0.39, 0.29) is 0 Å². The first-order chi connectivity index (χ1) is 11.3. The van der Waals surface area contributed by atoms with E-state index in [1.165, 1.54) is 41.7 Å². The quantitative estimate of drug-likeness (QED) is 0.721. The first-order valence-electron chi connectivity index (χ1n) is 8.78. The van der Waals surface area contributed by atoms with Crippen molar-refractivity contribution in [1.29, 1.82) is 0 Å². The van der Waals surface area contributed by atoms with Crippen LogP contribution < -0.4 is 5.32 Å². The summed E-state index contributed by atoms with van der Waals surface area (Å²) in [5, 5.41) is 5.00. The monoisotopic (exact) mass is 329 g/mol. The molecule has 0 atom stereocenters. The van der Waals surface area contributed by atoms with Crippen molar-refractivity contribution < 1.29 is 0 Å². The highest BCUT2D eigenvalue weighted by Gasteiger charge is 2.19. The number of nitrogens with zero attached hydrogens (tertiary/aromatic N) is 2. The summed E-state index contributed by atoms with van der Waals surface area (Å²) < 4.78 is 0. The maximum Gasteiger partial charge on any atom is 0.0726 e. The molecule has 1 aromatic carbocycles. The van der Waals surface area contributed by atoms with E-state index in [9.17, 15) is 0 Å². The van der Waals surface area contributed by atoms with Crippen molar-refractivity contribution in [3.8, 4) is 0 Å². The molecule has 1 aliphatic rings. The number of fused-ring (bicyclic) bond motifs is 2. The molecule has 2 aromatic rings. The molecule has 0 unspecified atom stereocenters. The van der Waals surface area contributed by atoms with Crippen molar-refractivity contribution in [3.63, 3.8) is 0 Å². The minimum absolute atomic E-state index is 1.05. The number of thioether (sulfide) groups is 1. The molecule has 3 rings (SSSR count). The fourth-order valence-corrected chi connectivity index (χ4v) is 4.29. The van der Waals surface area contributed by atoms with E-state index in [4.69, 9.17) is 4.98 Å². The topological polar surface area (TPSA) is 28.2 Å². The van der Waals surface area contributed by atoms with Crippen LogP contribution in [0.15, 0.2) is 24.3 Å². The van der Waals surface area contributed by atoms with Gasteiger partial charge in [-0.3, -0.25) is 4.98 Å². The summed E-state index contributed by atoms with van der Waals surface area (Å²) in [4.78, 5) is 7.33. The van der Waals surface area contributed by atoms with Crippen molar-refractivity contribution in [1.82, 2.24) is 9.88 Å². The van der Waals surface area contributed by atoms with Gasteiger partial charge in [0.25, 0.3) is 0 Å². The maximum absolute atomic E-state index is 4.84. The minimum atomic E-state index is 1.05. The summed E-state index contributed by atoms with van der Waals surface area (Å²) in [6, 6.07) is 8.52. The second kappa shape index (κ2) is 8.02. The normalized spacial score (nSPS) is 13.7. The van der Waals surface area contributed by atoms with E-state index in [1.54, 1.807) is 0 Å². The number of rotatable bonds is 8. The predicted octanol–water partition coefficient (Wildman–Crippen LogP) is 4.52. The molecule has 1 N–H and O–H groups in total. The van der Waals surface area contributed by atoms with Crippen molar-refractivity contribution >= 4 is 28.4 Å². The van der Waals surface area contributed by atoms with Gasteiger partial charge in [0.15, 0.2) is 0 Å². The second-order valence-electron chi connectivity index (χ2n) is 6.08. The maximum atomic E-state index is 4.84. The van der Waals surface area contributed by atoms with Crippen LogP contribution in [0.25, 0.3) is 10.9 Å². The van der Waals surface area contributed by atoms with Gasteiger partial charge >= 0.3 is 0 Å². The summed E-state index contributed by atoms with van der Waals surface area (Å²) in [5.41, 5.74) is 5.16. The summed E-state index contributed by atoms with van der Waals surface area (Å²) in [7, 11) is 0. The molecule has 1 aliphatic heterocycles. The third kappa shape index (κ3) is 3.81. The standard InChI is InChI=1S/C19H27N3S/c1-3-22(4-2)12-8-7-11-20-19-15-9-5-6-10-17(15)21-18-14-23-13-16(18)19/h5-6,9-10H,3-4,7-8,11-14H2,1-2H3,(H,20,21). The van der Waals surface area contributed by atoms with Crippen LogP contribution in [-0.4, -0.2) is 36.1 Å². The second-order valence-corrected chi connectivity index (χ2v) is 7.07. The Morgan fingerprint density at radius 2 is 1.96 bits per heavy atom. The van der Waals surface area contributed by atoms with Crippen molar-refractivity contribution in [3.05, 3.63) is 35.5 Å². The lowest BCUT2D eigenvalue weighted by atomic mass is 10.1. The summed E-state index contributed by atoms with van der Waals surface area (Å²) in [6.45, 7) is 9.05. The van der Waals surface area contributed by atoms with Gasteiger partial charge in [-0.2, -0.15) is 11.8 Å². The van der Waals surface area contributed by atoms with Gasteiger partial charge in [-0.15, -0.1) is 0 Å². The molecular weight excluding hydrogens is 302 g/mol. The smallest absolute Gasteiger partial charge is 0.0726 e. The fourth-order valence-electron chi connectivity index (χ4n) is 3.24. The zero-order valence-corrected chi connectivity index (χ0v) is 15.1. The van der Waals surface area contributed by atoms with Gasteiger partial charge in [0.1, 0.15) is 0 Å². The molecule has 0 amide bonds. The molecule has 23 heavy (non-hydrogen) atoms. The highest BCUT2D eigenvalue weighted by Crippen LogP contribution is 2.37. The van der Waals surface area contributed by atoms with Crippen LogP contribution in [0.3, 0.4) is 0 Å². The first kappa shape index (κ1) is 16.6. The average Bonchev–Trinajstić information content (AvgIpc) is 3.05. The zero-order chi connectivity index (χ0) is 16.1. The lowest BCUT2D eigenvalue weighted by Gasteiger charge is -2.18. The third-order valence-corrected chi connectivity index (χ3v) is 5.63. The Bertz CT molecular complexity index is 652. The van der Waals surface area contributed by atoms with Crippen molar-refractivity contribution in [2.45, 2.75) is 38.2 Å². The Kier molecular flexibility index (Phi) is 5.79. The van der Waals surface area contributed by atoms with Gasteiger partial charge in [-0.05, 0) is 38.5 Å². The van der Waals surface area contributed by atoms with Crippen LogP contribution >= 0.6 is 11.8 Å². The number of para-hydroxylation sites is 1. The molecule has 0 saturated carbocycles. The van der Waals surface area contributed by atoms with E-state index in [2.05, 4.69) is 48.3 Å². The Balaban J connectivity index is 1.66. The number of pyridine rings is 1. The van der Waals surface area contributed by atoms with E-state index in [0.717, 1.165) is 36.7 Å².